The van der Waals surface area contributed by atoms with E-state index in [0.29, 0.717) is 23.2 Å². The van der Waals surface area contributed by atoms with E-state index < -0.39 is 0 Å². The van der Waals surface area contributed by atoms with Gasteiger partial charge in [-0.15, -0.1) is 0 Å². The number of hydrogen-bond acceptors (Lipinski definition) is 4. The van der Waals surface area contributed by atoms with Crippen LogP contribution in [0.15, 0.2) is 24.4 Å². The smallest absolute Gasteiger partial charge is 0.123 e. The van der Waals surface area contributed by atoms with Gasteiger partial charge in [0.2, 0.25) is 0 Å². The maximum Gasteiger partial charge on any atom is 0.123 e. The van der Waals surface area contributed by atoms with Gasteiger partial charge in [0.15, 0.2) is 0 Å². The van der Waals surface area contributed by atoms with Crippen LogP contribution in [0.1, 0.15) is 35.6 Å². The third-order valence-corrected chi connectivity index (χ3v) is 5.02. The number of phenolic OH excluding ortho intramolecular Hbond substituents is 1. The van der Waals surface area contributed by atoms with Gasteiger partial charge in [-0.05, 0) is 56.6 Å². The molecule has 1 aliphatic rings. The quantitative estimate of drug-likeness (QED) is 0.871. The lowest BCUT2D eigenvalue weighted by molar-refractivity contribution is 0.197. The zero-order valence-electron chi connectivity index (χ0n) is 14.0. The van der Waals surface area contributed by atoms with Crippen molar-refractivity contribution >= 4 is 11.6 Å². The minimum Gasteiger partial charge on any atom is -0.507 e. The van der Waals surface area contributed by atoms with Crippen molar-refractivity contribution < 1.29 is 10.2 Å². The maximum atomic E-state index is 10.2. The van der Waals surface area contributed by atoms with Crippen LogP contribution < -0.4 is 0 Å². The number of aryl methyl sites for hydroxylation is 1. The molecule has 0 amide bonds. The lowest BCUT2D eigenvalue weighted by Gasteiger charge is -2.32. The van der Waals surface area contributed by atoms with E-state index in [4.69, 9.17) is 16.7 Å². The molecule has 3 rings (SSSR count). The number of aliphatic hydroxyl groups is 1. The van der Waals surface area contributed by atoms with Crippen molar-refractivity contribution in [2.75, 3.05) is 19.7 Å². The monoisotopic (exact) mass is 349 g/mol. The van der Waals surface area contributed by atoms with Gasteiger partial charge in [-0.3, -0.25) is 9.58 Å². The summed E-state index contributed by atoms with van der Waals surface area (Å²) in [6.07, 6.45) is 3.92. The fourth-order valence-corrected chi connectivity index (χ4v) is 3.82. The molecule has 0 saturated carbocycles. The average Bonchev–Trinajstić information content (AvgIpc) is 3.01. The number of piperidine rings is 1. The largest absolute Gasteiger partial charge is 0.507 e. The van der Waals surface area contributed by atoms with Gasteiger partial charge in [0.25, 0.3) is 0 Å². The van der Waals surface area contributed by atoms with Gasteiger partial charge in [0, 0.05) is 34.9 Å². The summed E-state index contributed by atoms with van der Waals surface area (Å²) < 4.78 is 1.91. The number of rotatable bonds is 5. The Morgan fingerprint density at radius 1 is 1.29 bits per heavy atom. The summed E-state index contributed by atoms with van der Waals surface area (Å²) >= 11 is 6.12. The summed E-state index contributed by atoms with van der Waals surface area (Å²) in [5.74, 6) is 0.826. The molecule has 0 unspecified atom stereocenters. The Balaban J connectivity index is 1.62. The predicted octanol–water partition coefficient (Wildman–Crippen LogP) is 2.92. The molecule has 5 nitrogen and oxygen atoms in total. The fraction of sp³-hybridized carbons (Fsp3) is 0.500. The van der Waals surface area contributed by atoms with E-state index in [1.165, 1.54) is 5.69 Å². The Morgan fingerprint density at radius 3 is 2.75 bits per heavy atom. The number of benzene rings is 1. The molecule has 0 atom stereocenters. The Hall–Kier alpha value is -1.56. The van der Waals surface area contributed by atoms with Gasteiger partial charge in [0.1, 0.15) is 5.75 Å². The molecule has 24 heavy (non-hydrogen) atoms. The molecule has 1 saturated heterocycles. The Bertz CT molecular complexity index is 694. The molecule has 2 N–H and O–H groups in total. The van der Waals surface area contributed by atoms with Crippen molar-refractivity contribution in [3.05, 3.63) is 46.2 Å². The fourth-order valence-electron chi connectivity index (χ4n) is 3.52. The summed E-state index contributed by atoms with van der Waals surface area (Å²) in [4.78, 5) is 2.36. The first-order valence-corrected chi connectivity index (χ1v) is 8.79. The second kappa shape index (κ2) is 7.55. The van der Waals surface area contributed by atoms with E-state index in [1.54, 1.807) is 6.07 Å². The molecule has 2 aromatic rings. The van der Waals surface area contributed by atoms with Gasteiger partial charge in [-0.2, -0.15) is 5.10 Å². The summed E-state index contributed by atoms with van der Waals surface area (Å²) in [5.41, 5.74) is 2.93. The number of phenols is 1. The SMILES string of the molecule is Cc1cc(Cl)cc(CN2CCC(c3ccnn3CCO)CC2)c1O. The van der Waals surface area contributed by atoms with Crippen LogP contribution in [0.2, 0.25) is 5.02 Å². The second-order valence-corrected chi connectivity index (χ2v) is 6.92. The molecule has 6 heteroatoms. The van der Waals surface area contributed by atoms with E-state index in [2.05, 4.69) is 16.1 Å². The Morgan fingerprint density at radius 2 is 2.04 bits per heavy atom. The van der Waals surface area contributed by atoms with Crippen LogP contribution >= 0.6 is 11.6 Å². The summed E-state index contributed by atoms with van der Waals surface area (Å²) in [6, 6.07) is 5.70. The average molecular weight is 350 g/mol. The van der Waals surface area contributed by atoms with Crippen molar-refractivity contribution in [3.63, 3.8) is 0 Å². The molecule has 1 aromatic heterocycles. The van der Waals surface area contributed by atoms with Crippen LogP contribution in [0, 0.1) is 6.92 Å². The van der Waals surface area contributed by atoms with Crippen LogP contribution in [0.3, 0.4) is 0 Å². The lowest BCUT2D eigenvalue weighted by atomic mass is 9.93. The molecule has 1 aromatic carbocycles. The molecule has 0 radical (unpaired) electrons. The number of aromatic nitrogens is 2. The minimum atomic E-state index is 0.112. The van der Waals surface area contributed by atoms with Crippen LogP contribution in [-0.2, 0) is 13.1 Å². The molecule has 0 spiro atoms. The van der Waals surface area contributed by atoms with Crippen LogP contribution in [0.4, 0.5) is 0 Å². The number of halogens is 1. The maximum absolute atomic E-state index is 10.2. The summed E-state index contributed by atoms with van der Waals surface area (Å²) in [5, 5.41) is 24.3. The van der Waals surface area contributed by atoms with Crippen molar-refractivity contribution in [1.29, 1.82) is 0 Å². The van der Waals surface area contributed by atoms with Crippen LogP contribution in [0.5, 0.6) is 5.75 Å². The third-order valence-electron chi connectivity index (χ3n) is 4.81. The molecule has 1 fully saturated rings. The van der Waals surface area contributed by atoms with Gasteiger partial charge in [-0.1, -0.05) is 11.6 Å². The zero-order chi connectivity index (χ0) is 17.1. The first kappa shape index (κ1) is 17.3. The third kappa shape index (κ3) is 3.74. The van der Waals surface area contributed by atoms with Crippen LogP contribution in [0.25, 0.3) is 0 Å². The van der Waals surface area contributed by atoms with E-state index >= 15 is 0 Å². The number of aliphatic hydroxyl groups excluding tert-OH is 1. The first-order valence-electron chi connectivity index (χ1n) is 8.41. The highest BCUT2D eigenvalue weighted by atomic mass is 35.5. The Labute approximate surface area is 147 Å². The molecule has 0 aliphatic carbocycles. The zero-order valence-corrected chi connectivity index (χ0v) is 14.7. The van der Waals surface area contributed by atoms with Crippen molar-refractivity contribution in [2.24, 2.45) is 0 Å². The Kier molecular flexibility index (Phi) is 5.43. The molecular formula is C18H24ClN3O2. The van der Waals surface area contributed by atoms with Gasteiger partial charge < -0.3 is 10.2 Å². The number of likely N-dealkylation sites (tertiary alicyclic amines) is 1. The van der Waals surface area contributed by atoms with Crippen molar-refractivity contribution in [2.45, 2.75) is 38.8 Å². The first-order chi connectivity index (χ1) is 11.6. The molecule has 130 valence electrons. The van der Waals surface area contributed by atoms with E-state index in [-0.39, 0.29) is 6.61 Å². The van der Waals surface area contributed by atoms with Crippen LogP contribution in [-0.4, -0.2) is 44.6 Å². The van der Waals surface area contributed by atoms with Crippen molar-refractivity contribution in [3.8, 4) is 5.75 Å². The summed E-state index contributed by atoms with van der Waals surface area (Å²) in [7, 11) is 0. The van der Waals surface area contributed by atoms with E-state index in [9.17, 15) is 5.11 Å². The van der Waals surface area contributed by atoms with Gasteiger partial charge in [0.05, 0.1) is 13.2 Å². The predicted molar refractivity (Wildman–Crippen MR) is 94.4 cm³/mol. The number of nitrogens with zero attached hydrogens (tertiary/aromatic N) is 3. The summed E-state index contributed by atoms with van der Waals surface area (Å²) in [6.45, 7) is 5.20. The highest BCUT2D eigenvalue weighted by molar-refractivity contribution is 6.30. The number of hydrogen-bond donors (Lipinski definition) is 2. The lowest BCUT2D eigenvalue weighted by Crippen LogP contribution is -2.33. The standard InChI is InChI=1S/C18H24ClN3O2/c1-13-10-16(19)11-15(18(13)24)12-21-6-3-14(4-7-21)17-2-5-20-22(17)8-9-23/h2,5,10-11,14,23-24H,3-4,6-9,12H2,1H3. The molecule has 2 heterocycles. The van der Waals surface area contributed by atoms with E-state index in [1.807, 2.05) is 23.9 Å². The molecular weight excluding hydrogens is 326 g/mol. The van der Waals surface area contributed by atoms with Gasteiger partial charge in [-0.25, -0.2) is 0 Å². The number of aromatic hydroxyl groups is 1. The normalized spacial score (nSPS) is 16.6. The molecule has 0 bridgehead atoms. The minimum absolute atomic E-state index is 0.112. The highest BCUT2D eigenvalue weighted by Gasteiger charge is 2.24. The second-order valence-electron chi connectivity index (χ2n) is 6.48. The molecule has 1 aliphatic heterocycles. The highest BCUT2D eigenvalue weighted by Crippen LogP contribution is 2.31. The topological polar surface area (TPSA) is 61.5 Å². The van der Waals surface area contributed by atoms with E-state index in [0.717, 1.165) is 43.6 Å². The van der Waals surface area contributed by atoms with Crippen molar-refractivity contribution in [1.82, 2.24) is 14.7 Å². The van der Waals surface area contributed by atoms with Gasteiger partial charge >= 0.3 is 0 Å².